The third-order valence-electron chi connectivity index (χ3n) is 13.0. The molecule has 97 heavy (non-hydrogen) atoms. The second-order valence-corrected chi connectivity index (χ2v) is 19.8. The maximum absolute atomic E-state index is 12.0. The van der Waals surface area contributed by atoms with E-state index in [9.17, 15) is 49.8 Å². The van der Waals surface area contributed by atoms with E-state index in [0.29, 0.717) is 62.2 Å². The number of para-hydroxylation sites is 2. The van der Waals surface area contributed by atoms with E-state index >= 15 is 0 Å². The molecular weight excluding hydrogens is 1530 g/mol. The van der Waals surface area contributed by atoms with Gasteiger partial charge in [-0.2, -0.15) is 0 Å². The summed E-state index contributed by atoms with van der Waals surface area (Å²) in [6, 6.07) is 80.0. The summed E-state index contributed by atoms with van der Waals surface area (Å²) in [7, 11) is 3.91. The molecule has 0 saturated heterocycles. The average Bonchev–Trinajstić information content (AvgIpc) is 1.29. The first-order valence-electron chi connectivity index (χ1n) is 29.4. The van der Waals surface area contributed by atoms with Crippen LogP contribution < -0.4 is 40.1 Å². The predicted molar refractivity (Wildman–Crippen MR) is 363 cm³/mol. The number of aliphatic hydroxyl groups is 1. The second kappa shape index (κ2) is 46.2. The van der Waals surface area contributed by atoms with Gasteiger partial charge in [-0.25, -0.2) is 0 Å². The first-order valence-corrected chi connectivity index (χ1v) is 29.4. The van der Waals surface area contributed by atoms with Crippen molar-refractivity contribution in [2.45, 2.75) is 13.0 Å². The first kappa shape index (κ1) is 81.3. The molecule has 10 aromatic carbocycles. The normalized spacial score (nSPS) is 11.1. The SMILES string of the molecule is CO.COc1cccc(C=NC[C@@H](C)N=Cc2cccc(OC)c2[O-])c1[O-].O=C(/C=C(\[O-])c1ccccc1)c1ccccc1.O=C(/C=C(\[O-])c1ccccc1)c1ccccc1.O=C(/C=C(\[O-])c1ccccc1)c1ccccc1.O=C(/C=C(\[O-])c1ccccc1)c1ccccc1.[Er+3].[Er+3]. The van der Waals surface area contributed by atoms with E-state index in [-0.39, 0.29) is 150 Å². The fourth-order valence-electron chi connectivity index (χ4n) is 8.11. The number of nitrogens with zero attached hydrogens (tertiary/aromatic N) is 2. The number of aliphatic imine (C=N–C) groups is 2. The van der Waals surface area contributed by atoms with E-state index in [1.165, 1.54) is 26.6 Å². The van der Waals surface area contributed by atoms with Crippen molar-refractivity contribution in [3.8, 4) is 23.0 Å². The average molecular weight is 1600 g/mol. The Hall–Kier alpha value is -9.97. The number of ketones is 4. The Morgan fingerprint density at radius 3 is 0.794 bits per heavy atom. The summed E-state index contributed by atoms with van der Waals surface area (Å²) >= 11 is 0. The topological polar surface area (TPSA) is 270 Å². The molecule has 0 heterocycles. The third-order valence-corrected chi connectivity index (χ3v) is 13.0. The standard InChI is InChI=1S/C19H22N2O4.4C15H12O2.CH4O.2Er/c1-13(21-12-15-7-5-9-17(25-3)19(15)23)10-20-11-14-6-4-8-16(24-2)18(14)22;4*16-14(12-7-3-1-4-8-12)11-15(17)13-9-5-2-6-10-13;1-2;;/h4-9,11-13,22-23H,10H2,1-3H3;4*1-11,16H;2H,1H3;;/q;;;;;;2*+3/p-6/b;4*14-11-;;;/t13-;;;;;;;/m1......./s1. The van der Waals surface area contributed by atoms with Crippen molar-refractivity contribution < 1.29 is 139 Å². The Morgan fingerprint density at radius 1 is 0.351 bits per heavy atom. The molecule has 17 heteroatoms. The molecule has 0 bridgehead atoms. The smallest absolute Gasteiger partial charge is 0.872 e. The van der Waals surface area contributed by atoms with E-state index in [0.717, 1.165) is 31.4 Å². The van der Waals surface area contributed by atoms with E-state index in [1.807, 2.05) is 55.5 Å². The molecular formula is C80H68Er2N2O13. The molecule has 0 unspecified atom stereocenters. The Balaban J connectivity index is 0.000000315. The van der Waals surface area contributed by atoms with Crippen molar-refractivity contribution in [3.63, 3.8) is 0 Å². The van der Waals surface area contributed by atoms with Crippen molar-refractivity contribution in [2.24, 2.45) is 9.98 Å². The minimum atomic E-state index is -0.264. The Morgan fingerprint density at radius 2 is 0.567 bits per heavy atom. The van der Waals surface area contributed by atoms with E-state index < -0.39 is 0 Å². The van der Waals surface area contributed by atoms with Gasteiger partial charge in [0.1, 0.15) is 11.5 Å². The molecule has 0 aromatic heterocycles. The molecule has 0 aliphatic rings. The van der Waals surface area contributed by atoms with Crippen LogP contribution in [-0.2, 0) is 0 Å². The van der Waals surface area contributed by atoms with Crippen molar-refractivity contribution in [1.29, 1.82) is 0 Å². The van der Waals surface area contributed by atoms with Gasteiger partial charge in [0, 0.05) is 41.8 Å². The van der Waals surface area contributed by atoms with Crippen molar-refractivity contribution in [3.05, 3.63) is 359 Å². The van der Waals surface area contributed by atoms with Gasteiger partial charge in [-0.05, 0) is 76.7 Å². The molecule has 0 aliphatic heterocycles. The van der Waals surface area contributed by atoms with E-state index in [2.05, 4.69) is 9.98 Å². The number of allylic oxidation sites excluding steroid dienone is 4. The zero-order valence-corrected chi connectivity index (χ0v) is 56.8. The molecule has 0 spiro atoms. The predicted octanol–water partition coefficient (Wildman–Crippen LogP) is 10.5. The first-order chi connectivity index (χ1) is 46.1. The number of rotatable bonds is 19. The molecule has 10 aromatic rings. The zero-order valence-electron chi connectivity index (χ0n) is 53.1. The maximum atomic E-state index is 12.0. The summed E-state index contributed by atoms with van der Waals surface area (Å²) in [5.41, 5.74) is 5.12. The monoisotopic (exact) mass is 1600 g/mol. The molecule has 15 nitrogen and oxygen atoms in total. The molecule has 500 valence electrons. The van der Waals surface area contributed by atoms with Gasteiger partial charge in [0.2, 0.25) is 0 Å². The number of aliphatic hydroxyl groups excluding tert-OH is 1. The number of ether oxygens (including phenoxy) is 2. The van der Waals surface area contributed by atoms with Gasteiger partial charge >= 0.3 is 74.6 Å². The summed E-state index contributed by atoms with van der Waals surface area (Å²) in [5, 5.41) is 78.0. The van der Waals surface area contributed by atoms with Crippen LogP contribution in [0.5, 0.6) is 23.0 Å². The quantitative estimate of drug-likeness (QED) is 0.0342. The number of methoxy groups -OCH3 is 2. The minimum absolute atomic E-state index is 0. The summed E-state index contributed by atoms with van der Waals surface area (Å²) in [4.78, 5) is 55.6. The number of benzene rings is 10. The third kappa shape index (κ3) is 28.9. The Kier molecular flexibility index (Phi) is 38.7. The van der Waals surface area contributed by atoms with Crippen LogP contribution in [0.15, 0.2) is 313 Å². The minimum Gasteiger partial charge on any atom is -0.872 e. The summed E-state index contributed by atoms with van der Waals surface area (Å²) < 4.78 is 9.99. The van der Waals surface area contributed by atoms with Crippen molar-refractivity contribution in [1.82, 2.24) is 0 Å². The Bertz CT molecular complexity index is 3750. The van der Waals surface area contributed by atoms with Gasteiger partial charge in [-0.1, -0.05) is 301 Å². The van der Waals surface area contributed by atoms with Crippen LogP contribution in [-0.4, -0.2) is 74.6 Å². The van der Waals surface area contributed by atoms with Crippen LogP contribution in [0.3, 0.4) is 0 Å². The molecule has 1 N–H and O–H groups in total. The summed E-state index contributed by atoms with van der Waals surface area (Å²) in [6.07, 6.45) is 7.56. The largest absolute Gasteiger partial charge is 3.00 e. The number of hydrogen-bond acceptors (Lipinski definition) is 15. The van der Waals surface area contributed by atoms with Crippen LogP contribution in [0, 0.1) is 74.6 Å². The van der Waals surface area contributed by atoms with Crippen LogP contribution in [0.1, 0.15) is 81.7 Å². The fraction of sp³-hybridized carbons (Fsp3) is 0.0750. The molecule has 10 rings (SSSR count). The molecule has 0 amide bonds. The molecule has 0 fully saturated rings. The van der Waals surface area contributed by atoms with E-state index in [1.54, 1.807) is 231 Å². The van der Waals surface area contributed by atoms with Gasteiger partial charge in [0.25, 0.3) is 0 Å². The van der Waals surface area contributed by atoms with Crippen molar-refractivity contribution in [2.75, 3.05) is 27.9 Å². The van der Waals surface area contributed by atoms with Gasteiger partial charge in [-0.15, -0.1) is 0 Å². The van der Waals surface area contributed by atoms with Gasteiger partial charge < -0.3 is 45.2 Å². The second-order valence-electron chi connectivity index (χ2n) is 19.8. The molecule has 1 atom stereocenters. The summed E-state index contributed by atoms with van der Waals surface area (Å²) in [6.45, 7) is 2.27. The Labute approximate surface area is 624 Å². The molecule has 0 saturated carbocycles. The summed E-state index contributed by atoms with van der Waals surface area (Å²) in [5.74, 6) is -1.93. The van der Waals surface area contributed by atoms with Gasteiger partial charge in [-0.3, -0.25) is 29.2 Å². The fourth-order valence-corrected chi connectivity index (χ4v) is 8.11. The molecule has 0 aliphatic carbocycles. The number of carbonyl (C=O) groups excluding carboxylic acids is 4. The molecule has 2 radical (unpaired) electrons. The van der Waals surface area contributed by atoms with Crippen LogP contribution in [0.4, 0.5) is 0 Å². The van der Waals surface area contributed by atoms with Crippen molar-refractivity contribution >= 4 is 58.6 Å². The number of hydrogen-bond donors (Lipinski definition) is 1. The van der Waals surface area contributed by atoms with Gasteiger partial charge in [0.15, 0.2) is 23.1 Å². The van der Waals surface area contributed by atoms with Crippen LogP contribution >= 0.6 is 0 Å². The van der Waals surface area contributed by atoms with E-state index in [4.69, 9.17) is 14.6 Å². The zero-order chi connectivity index (χ0) is 68.6. The van der Waals surface area contributed by atoms with Crippen LogP contribution in [0.2, 0.25) is 0 Å². The number of carbonyl (C=O) groups is 4. The maximum Gasteiger partial charge on any atom is 3.00 e. The van der Waals surface area contributed by atoms with Gasteiger partial charge in [0.05, 0.1) is 26.8 Å². The van der Waals surface area contributed by atoms with Crippen LogP contribution in [0.25, 0.3) is 23.0 Å².